The fourth-order valence-electron chi connectivity index (χ4n) is 1.84. The summed E-state index contributed by atoms with van der Waals surface area (Å²) in [5.41, 5.74) is 0.517. The molecule has 0 unspecified atom stereocenters. The molecule has 1 aromatic rings. The molecule has 1 aromatic carbocycles. The zero-order valence-electron chi connectivity index (χ0n) is 12.5. The molecule has 0 aliphatic rings. The van der Waals surface area contributed by atoms with Gasteiger partial charge in [0, 0.05) is 16.6 Å². The van der Waals surface area contributed by atoms with Crippen molar-refractivity contribution in [3.8, 4) is 0 Å². The molecule has 114 valence electrons. The summed E-state index contributed by atoms with van der Waals surface area (Å²) < 4.78 is 28.6. The summed E-state index contributed by atoms with van der Waals surface area (Å²) in [6.07, 6.45) is 1.49. The number of rotatable bonds is 7. The molecule has 0 spiro atoms. The highest BCUT2D eigenvalue weighted by Gasteiger charge is 2.28. The van der Waals surface area contributed by atoms with Crippen LogP contribution in [-0.4, -0.2) is 21.0 Å². The number of halogens is 1. The van der Waals surface area contributed by atoms with Gasteiger partial charge in [0.1, 0.15) is 0 Å². The van der Waals surface area contributed by atoms with Crippen molar-refractivity contribution in [2.24, 2.45) is 0 Å². The molecule has 0 atom stereocenters. The minimum atomic E-state index is -3.54. The van der Waals surface area contributed by atoms with E-state index < -0.39 is 15.6 Å². The molecule has 6 heteroatoms. The van der Waals surface area contributed by atoms with Crippen LogP contribution in [0.1, 0.15) is 39.2 Å². The molecule has 20 heavy (non-hydrogen) atoms. The van der Waals surface area contributed by atoms with E-state index in [1.165, 1.54) is 0 Å². The summed E-state index contributed by atoms with van der Waals surface area (Å²) in [6.45, 7) is 6.53. The van der Waals surface area contributed by atoms with Gasteiger partial charge in [0.25, 0.3) is 0 Å². The molecule has 0 amide bonds. The van der Waals surface area contributed by atoms with Gasteiger partial charge in [-0.05, 0) is 60.4 Å². The van der Waals surface area contributed by atoms with E-state index in [1.54, 1.807) is 12.1 Å². The summed E-state index contributed by atoms with van der Waals surface area (Å²) in [7, 11) is -1.71. The predicted octanol–water partition coefficient (Wildman–Crippen LogP) is 3.03. The van der Waals surface area contributed by atoms with Crippen LogP contribution in [0, 0.1) is 0 Å². The molecule has 0 saturated carbocycles. The van der Waals surface area contributed by atoms with Crippen LogP contribution in [0.15, 0.2) is 27.6 Å². The van der Waals surface area contributed by atoms with Gasteiger partial charge in [0.05, 0.1) is 4.90 Å². The number of nitrogens with one attached hydrogen (secondary N) is 2. The van der Waals surface area contributed by atoms with Gasteiger partial charge in [-0.1, -0.05) is 19.9 Å². The van der Waals surface area contributed by atoms with Gasteiger partial charge < -0.3 is 5.32 Å². The van der Waals surface area contributed by atoms with Crippen molar-refractivity contribution in [1.29, 1.82) is 0 Å². The number of benzene rings is 1. The highest BCUT2D eigenvalue weighted by molar-refractivity contribution is 9.10. The standard InChI is InChI=1S/C14H23BrN2O2S/c1-5-14(3,6-2)17-20(18,19)13-9-11(10-16-4)7-8-12(13)15/h7-9,16-17H,5-6,10H2,1-4H3. The van der Waals surface area contributed by atoms with Gasteiger partial charge in [-0.25, -0.2) is 13.1 Å². The maximum atomic E-state index is 12.6. The van der Waals surface area contributed by atoms with Gasteiger partial charge in [0.15, 0.2) is 0 Å². The number of sulfonamides is 1. The van der Waals surface area contributed by atoms with E-state index in [0.717, 1.165) is 18.4 Å². The lowest BCUT2D eigenvalue weighted by molar-refractivity contribution is 0.388. The first-order valence-electron chi connectivity index (χ1n) is 6.75. The van der Waals surface area contributed by atoms with E-state index >= 15 is 0 Å². The van der Waals surface area contributed by atoms with Crippen molar-refractivity contribution >= 4 is 26.0 Å². The predicted molar refractivity (Wildman–Crippen MR) is 86.2 cm³/mol. The van der Waals surface area contributed by atoms with Crippen molar-refractivity contribution in [2.75, 3.05) is 7.05 Å². The van der Waals surface area contributed by atoms with Crippen LogP contribution in [0.2, 0.25) is 0 Å². The van der Waals surface area contributed by atoms with Gasteiger partial charge in [-0.3, -0.25) is 0 Å². The highest BCUT2D eigenvalue weighted by atomic mass is 79.9. The highest BCUT2D eigenvalue weighted by Crippen LogP contribution is 2.26. The van der Waals surface area contributed by atoms with Crippen LogP contribution in [-0.2, 0) is 16.6 Å². The van der Waals surface area contributed by atoms with E-state index in [1.807, 2.05) is 33.9 Å². The van der Waals surface area contributed by atoms with E-state index in [0.29, 0.717) is 15.9 Å². The zero-order chi connectivity index (χ0) is 15.4. The Morgan fingerprint density at radius 1 is 1.25 bits per heavy atom. The first-order valence-corrected chi connectivity index (χ1v) is 9.02. The minimum absolute atomic E-state index is 0.290. The number of hydrogen-bond acceptors (Lipinski definition) is 3. The smallest absolute Gasteiger partial charge is 0.242 e. The fraction of sp³-hybridized carbons (Fsp3) is 0.571. The van der Waals surface area contributed by atoms with Crippen LogP contribution >= 0.6 is 15.9 Å². The van der Waals surface area contributed by atoms with E-state index in [4.69, 9.17) is 0 Å². The largest absolute Gasteiger partial charge is 0.316 e. The maximum Gasteiger partial charge on any atom is 0.242 e. The van der Waals surface area contributed by atoms with Crippen molar-refractivity contribution in [2.45, 2.75) is 50.6 Å². The van der Waals surface area contributed by atoms with Crippen molar-refractivity contribution < 1.29 is 8.42 Å². The van der Waals surface area contributed by atoms with Crippen molar-refractivity contribution in [1.82, 2.24) is 10.0 Å². The van der Waals surface area contributed by atoms with E-state index in [9.17, 15) is 8.42 Å². The summed E-state index contributed by atoms with van der Waals surface area (Å²) in [5.74, 6) is 0. The molecule has 1 rings (SSSR count). The van der Waals surface area contributed by atoms with Gasteiger partial charge >= 0.3 is 0 Å². The molecular formula is C14H23BrN2O2S. The first-order chi connectivity index (χ1) is 9.28. The maximum absolute atomic E-state index is 12.6. The minimum Gasteiger partial charge on any atom is -0.316 e. The second-order valence-corrected chi connectivity index (χ2v) is 7.67. The third kappa shape index (κ3) is 4.28. The lowest BCUT2D eigenvalue weighted by Gasteiger charge is -2.28. The molecule has 0 aromatic heterocycles. The van der Waals surface area contributed by atoms with Gasteiger partial charge in [0.2, 0.25) is 10.0 Å². The molecule has 0 heterocycles. The Morgan fingerprint density at radius 2 is 1.85 bits per heavy atom. The van der Waals surface area contributed by atoms with Crippen LogP contribution in [0.5, 0.6) is 0 Å². The summed E-state index contributed by atoms with van der Waals surface area (Å²) in [4.78, 5) is 0.290. The Bertz CT molecular complexity index is 554. The molecule has 4 nitrogen and oxygen atoms in total. The summed E-state index contributed by atoms with van der Waals surface area (Å²) in [5, 5.41) is 3.02. The lowest BCUT2D eigenvalue weighted by atomic mass is 9.98. The van der Waals surface area contributed by atoms with Crippen molar-refractivity contribution in [3.05, 3.63) is 28.2 Å². The van der Waals surface area contributed by atoms with Gasteiger partial charge in [-0.15, -0.1) is 0 Å². The molecule has 0 aliphatic carbocycles. The SMILES string of the molecule is CCC(C)(CC)NS(=O)(=O)c1cc(CNC)ccc1Br. The molecular weight excluding hydrogens is 340 g/mol. The monoisotopic (exact) mass is 362 g/mol. The average molecular weight is 363 g/mol. The fourth-order valence-corrected chi connectivity index (χ4v) is 4.41. The topological polar surface area (TPSA) is 58.2 Å². The third-order valence-corrected chi connectivity index (χ3v) is 6.24. The van der Waals surface area contributed by atoms with Crippen LogP contribution in [0.4, 0.5) is 0 Å². The summed E-state index contributed by atoms with van der Waals surface area (Å²) >= 11 is 3.33. The second kappa shape index (κ2) is 7.02. The average Bonchev–Trinajstić information content (AvgIpc) is 2.40. The molecule has 2 N–H and O–H groups in total. The van der Waals surface area contributed by atoms with Crippen LogP contribution in [0.25, 0.3) is 0 Å². The molecule has 0 aliphatic heterocycles. The number of hydrogen-bond donors (Lipinski definition) is 2. The molecule has 0 radical (unpaired) electrons. The quantitative estimate of drug-likeness (QED) is 0.783. The first kappa shape index (κ1) is 17.6. The summed E-state index contributed by atoms with van der Waals surface area (Å²) in [6, 6.07) is 5.38. The zero-order valence-corrected chi connectivity index (χ0v) is 14.9. The Morgan fingerprint density at radius 3 is 2.35 bits per heavy atom. The Balaban J connectivity index is 3.18. The third-order valence-electron chi connectivity index (χ3n) is 3.61. The molecule has 0 bridgehead atoms. The normalized spacial score (nSPS) is 12.7. The van der Waals surface area contributed by atoms with Crippen LogP contribution < -0.4 is 10.0 Å². The second-order valence-electron chi connectivity index (χ2n) is 5.17. The van der Waals surface area contributed by atoms with Crippen LogP contribution in [0.3, 0.4) is 0 Å². The van der Waals surface area contributed by atoms with E-state index in [2.05, 4.69) is 26.0 Å². The molecule has 0 saturated heterocycles. The van der Waals surface area contributed by atoms with Gasteiger partial charge in [-0.2, -0.15) is 0 Å². The Kier molecular flexibility index (Phi) is 6.19. The Hall–Kier alpha value is -0.430. The molecule has 0 fully saturated rings. The lowest BCUT2D eigenvalue weighted by Crippen LogP contribution is -2.44. The van der Waals surface area contributed by atoms with E-state index in [-0.39, 0.29) is 0 Å². The van der Waals surface area contributed by atoms with Crippen molar-refractivity contribution in [3.63, 3.8) is 0 Å². The Labute approximate surface area is 130 Å².